The zero-order valence-electron chi connectivity index (χ0n) is 13.3. The third-order valence-corrected chi connectivity index (χ3v) is 3.44. The highest BCUT2D eigenvalue weighted by Crippen LogP contribution is 2.14. The molecule has 0 aliphatic rings. The quantitative estimate of drug-likeness (QED) is 0.861. The highest BCUT2D eigenvalue weighted by Gasteiger charge is 2.12. The summed E-state index contributed by atoms with van der Waals surface area (Å²) in [5.74, 6) is 0. The van der Waals surface area contributed by atoms with Crippen molar-refractivity contribution in [3.8, 4) is 0 Å². The lowest BCUT2D eigenvalue weighted by atomic mass is 10.1. The lowest BCUT2D eigenvalue weighted by molar-refractivity contribution is 0.236. The Bertz CT molecular complexity index is 594. The van der Waals surface area contributed by atoms with Gasteiger partial charge >= 0.3 is 6.03 Å². The molecule has 22 heavy (non-hydrogen) atoms. The van der Waals surface area contributed by atoms with Crippen molar-refractivity contribution in [3.63, 3.8) is 0 Å². The summed E-state index contributed by atoms with van der Waals surface area (Å²) >= 11 is 0. The maximum absolute atomic E-state index is 12.0. The summed E-state index contributed by atoms with van der Waals surface area (Å²) in [6, 6.07) is 5.86. The van der Waals surface area contributed by atoms with Gasteiger partial charge in [0.2, 0.25) is 0 Å². The predicted octanol–water partition coefficient (Wildman–Crippen LogP) is 2.81. The summed E-state index contributed by atoms with van der Waals surface area (Å²) in [6.07, 6.45) is 6.21. The summed E-state index contributed by atoms with van der Waals surface area (Å²) in [5.41, 5.74) is 1.90. The number of hydrogen-bond donors (Lipinski definition) is 2. The number of aromatic nitrogens is 3. The molecular formula is C16H23N5O. The molecule has 0 spiro atoms. The predicted molar refractivity (Wildman–Crippen MR) is 85.3 cm³/mol. The molecule has 2 N–H and O–H groups in total. The van der Waals surface area contributed by atoms with Gasteiger partial charge in [0.15, 0.2) is 0 Å². The fourth-order valence-corrected chi connectivity index (χ4v) is 2.16. The second-order valence-corrected chi connectivity index (χ2v) is 5.45. The molecule has 118 valence electrons. The minimum Gasteiger partial charge on any atom is -0.332 e. The van der Waals surface area contributed by atoms with Crippen LogP contribution in [0.4, 0.5) is 4.79 Å². The van der Waals surface area contributed by atoms with E-state index in [1.807, 2.05) is 36.0 Å². The molecule has 2 aromatic heterocycles. The van der Waals surface area contributed by atoms with Gasteiger partial charge in [-0.15, -0.1) is 0 Å². The van der Waals surface area contributed by atoms with Crippen molar-refractivity contribution in [1.29, 1.82) is 0 Å². The van der Waals surface area contributed by atoms with Gasteiger partial charge < -0.3 is 10.6 Å². The number of urea groups is 1. The minimum absolute atomic E-state index is 0.0174. The Morgan fingerprint density at radius 1 is 1.27 bits per heavy atom. The molecule has 0 unspecified atom stereocenters. The first-order chi connectivity index (χ1) is 10.6. The van der Waals surface area contributed by atoms with Crippen molar-refractivity contribution in [2.45, 2.75) is 45.8 Å². The molecule has 0 radical (unpaired) electrons. The van der Waals surface area contributed by atoms with Gasteiger partial charge in [-0.25, -0.2) is 4.79 Å². The van der Waals surface area contributed by atoms with Crippen LogP contribution in [-0.2, 0) is 6.54 Å². The first-order valence-electron chi connectivity index (χ1n) is 7.58. The molecule has 6 heteroatoms. The van der Waals surface area contributed by atoms with Crippen LogP contribution >= 0.6 is 0 Å². The van der Waals surface area contributed by atoms with E-state index >= 15 is 0 Å². The molecule has 1 atom stereocenters. The Hall–Kier alpha value is -2.37. The average molecular weight is 301 g/mol. The van der Waals surface area contributed by atoms with Gasteiger partial charge in [0.25, 0.3) is 0 Å². The van der Waals surface area contributed by atoms with Crippen LogP contribution in [0, 0.1) is 0 Å². The zero-order valence-corrected chi connectivity index (χ0v) is 13.3. The number of carbonyl (C=O) groups excluding carboxylic acids is 1. The van der Waals surface area contributed by atoms with Crippen molar-refractivity contribution in [3.05, 3.63) is 48.0 Å². The molecule has 0 bridgehead atoms. The SMILES string of the molecule is CC[C@H](NC(=O)NCc1ccn(C(C)C)n1)c1ccncc1. The van der Waals surface area contributed by atoms with Gasteiger partial charge in [-0.3, -0.25) is 9.67 Å². The van der Waals surface area contributed by atoms with Gasteiger partial charge in [-0.2, -0.15) is 5.10 Å². The summed E-state index contributed by atoms with van der Waals surface area (Å²) in [4.78, 5) is 16.0. The molecule has 0 aliphatic carbocycles. The fraction of sp³-hybridized carbons (Fsp3) is 0.438. The van der Waals surface area contributed by atoms with Gasteiger partial charge in [0.05, 0.1) is 18.3 Å². The van der Waals surface area contributed by atoms with E-state index in [0.29, 0.717) is 12.6 Å². The Morgan fingerprint density at radius 2 is 2.00 bits per heavy atom. The third kappa shape index (κ3) is 4.31. The normalized spacial score (nSPS) is 12.2. The average Bonchev–Trinajstić information content (AvgIpc) is 3.01. The van der Waals surface area contributed by atoms with Crippen LogP contribution < -0.4 is 10.6 Å². The molecule has 2 rings (SSSR count). The number of rotatable bonds is 6. The first kappa shape index (κ1) is 16.0. The van der Waals surface area contributed by atoms with E-state index in [9.17, 15) is 4.79 Å². The van der Waals surface area contributed by atoms with Crippen molar-refractivity contribution in [2.24, 2.45) is 0 Å². The molecule has 2 aromatic rings. The molecule has 0 fully saturated rings. The standard InChI is InChI=1S/C16H23N5O/c1-4-15(13-5-8-17-9-6-13)19-16(22)18-11-14-7-10-21(20-14)12(2)3/h5-10,12,15H,4,11H2,1-3H3,(H2,18,19,22)/t15-/m0/s1. The summed E-state index contributed by atoms with van der Waals surface area (Å²) in [6.45, 7) is 6.59. The summed E-state index contributed by atoms with van der Waals surface area (Å²) in [7, 11) is 0. The van der Waals surface area contributed by atoms with Crippen molar-refractivity contribution >= 4 is 6.03 Å². The number of nitrogens with zero attached hydrogens (tertiary/aromatic N) is 3. The van der Waals surface area contributed by atoms with E-state index < -0.39 is 0 Å². The van der Waals surface area contributed by atoms with Crippen LogP contribution in [0.15, 0.2) is 36.8 Å². The first-order valence-corrected chi connectivity index (χ1v) is 7.58. The summed E-state index contributed by atoms with van der Waals surface area (Å²) < 4.78 is 1.88. The van der Waals surface area contributed by atoms with Crippen molar-refractivity contribution in [1.82, 2.24) is 25.4 Å². The van der Waals surface area contributed by atoms with E-state index in [1.165, 1.54) is 0 Å². The highest BCUT2D eigenvalue weighted by molar-refractivity contribution is 5.74. The largest absolute Gasteiger partial charge is 0.332 e. The molecule has 6 nitrogen and oxygen atoms in total. The summed E-state index contributed by atoms with van der Waals surface area (Å²) in [5, 5.41) is 10.2. The second-order valence-electron chi connectivity index (χ2n) is 5.45. The van der Waals surface area contributed by atoms with Crippen molar-refractivity contribution in [2.75, 3.05) is 0 Å². The zero-order chi connectivity index (χ0) is 15.9. The van der Waals surface area contributed by atoms with Crippen LogP contribution in [0.5, 0.6) is 0 Å². The number of nitrogens with one attached hydrogen (secondary N) is 2. The number of carbonyl (C=O) groups is 1. The van der Waals surface area contributed by atoms with Crippen molar-refractivity contribution < 1.29 is 4.79 Å². The highest BCUT2D eigenvalue weighted by atomic mass is 16.2. The number of hydrogen-bond acceptors (Lipinski definition) is 3. The van der Waals surface area contributed by atoms with Gasteiger partial charge in [0, 0.05) is 24.6 Å². The van der Waals surface area contributed by atoms with E-state index in [2.05, 4.69) is 34.6 Å². The maximum atomic E-state index is 12.0. The van der Waals surface area contributed by atoms with Crippen LogP contribution in [0.3, 0.4) is 0 Å². The smallest absolute Gasteiger partial charge is 0.315 e. The Labute approximate surface area is 130 Å². The lowest BCUT2D eigenvalue weighted by Gasteiger charge is -2.17. The molecule has 2 amide bonds. The topological polar surface area (TPSA) is 71.8 Å². The minimum atomic E-state index is -0.192. The van der Waals surface area contributed by atoms with Gasteiger partial charge in [-0.1, -0.05) is 6.92 Å². The van der Waals surface area contributed by atoms with Gasteiger partial charge in [0.1, 0.15) is 0 Å². The monoisotopic (exact) mass is 301 g/mol. The number of pyridine rings is 1. The fourth-order valence-electron chi connectivity index (χ4n) is 2.16. The third-order valence-electron chi connectivity index (χ3n) is 3.44. The molecule has 0 saturated carbocycles. The Morgan fingerprint density at radius 3 is 2.59 bits per heavy atom. The van der Waals surface area contributed by atoms with E-state index in [1.54, 1.807) is 12.4 Å². The Kier molecular flexibility index (Phi) is 5.52. The second kappa shape index (κ2) is 7.59. The van der Waals surface area contributed by atoms with Crippen LogP contribution in [0.2, 0.25) is 0 Å². The maximum Gasteiger partial charge on any atom is 0.315 e. The lowest BCUT2D eigenvalue weighted by Crippen LogP contribution is -2.37. The molecular weight excluding hydrogens is 278 g/mol. The van der Waals surface area contributed by atoms with Crippen LogP contribution in [-0.4, -0.2) is 20.8 Å². The number of amides is 2. The van der Waals surface area contributed by atoms with E-state index in [4.69, 9.17) is 0 Å². The molecule has 2 heterocycles. The van der Waals surface area contributed by atoms with Crippen LogP contribution in [0.1, 0.15) is 50.5 Å². The Balaban J connectivity index is 1.86. The van der Waals surface area contributed by atoms with E-state index in [-0.39, 0.29) is 12.1 Å². The van der Waals surface area contributed by atoms with Crippen LogP contribution in [0.25, 0.3) is 0 Å². The van der Waals surface area contributed by atoms with Gasteiger partial charge in [-0.05, 0) is 44.0 Å². The van der Waals surface area contributed by atoms with E-state index in [0.717, 1.165) is 17.7 Å². The molecule has 0 aliphatic heterocycles. The molecule has 0 saturated heterocycles. The molecule has 0 aromatic carbocycles.